The lowest BCUT2D eigenvalue weighted by Crippen LogP contribution is -2.39. The molecule has 0 saturated carbocycles. The molecule has 3 heterocycles. The van der Waals surface area contributed by atoms with E-state index in [-0.39, 0.29) is 5.91 Å². The van der Waals surface area contributed by atoms with Crippen LogP contribution in [0.4, 0.5) is 11.6 Å². The predicted molar refractivity (Wildman–Crippen MR) is 156 cm³/mol. The smallest absolute Gasteiger partial charge is 0.326 e. The van der Waals surface area contributed by atoms with Gasteiger partial charge in [0.25, 0.3) is 0 Å². The number of hydrogen-bond acceptors (Lipinski definition) is 8. The number of nitrogens with one attached hydrogen (secondary N) is 3. The summed E-state index contributed by atoms with van der Waals surface area (Å²) in [5, 5.41) is 19.2. The van der Waals surface area contributed by atoms with Gasteiger partial charge in [-0.25, -0.2) is 19.7 Å². The molecule has 212 valence electrons. The number of aryl methyl sites for hydroxylation is 2. The number of amides is 1. The van der Waals surface area contributed by atoms with E-state index in [4.69, 9.17) is 4.98 Å². The van der Waals surface area contributed by atoms with Crippen molar-refractivity contribution in [1.29, 1.82) is 0 Å². The number of nitrogens with zero attached hydrogens (tertiary/aromatic N) is 4. The zero-order valence-corrected chi connectivity index (χ0v) is 23.1. The zero-order chi connectivity index (χ0) is 28.2. The Kier molecular flexibility index (Phi) is 10.8. The molecule has 0 bridgehead atoms. The molecule has 1 aromatic carbocycles. The van der Waals surface area contributed by atoms with Gasteiger partial charge < -0.3 is 26.0 Å². The van der Waals surface area contributed by atoms with Gasteiger partial charge in [0.1, 0.15) is 24.0 Å². The molecular formula is C30H39N7O3. The van der Waals surface area contributed by atoms with Gasteiger partial charge in [0.2, 0.25) is 5.91 Å². The molecule has 0 saturated heterocycles. The number of rotatable bonds is 15. The molecule has 10 nitrogen and oxygen atoms in total. The van der Waals surface area contributed by atoms with Crippen LogP contribution in [-0.4, -0.2) is 75.6 Å². The Morgan fingerprint density at radius 3 is 2.73 bits per heavy atom. The molecule has 1 atom stereocenters. The Bertz CT molecular complexity index is 1260. The molecule has 10 heteroatoms. The minimum Gasteiger partial charge on any atom is -0.480 e. The number of unbranched alkanes of at least 4 members (excludes halogenated alkanes) is 1. The lowest BCUT2D eigenvalue weighted by atomic mass is 10.1. The first-order valence-corrected chi connectivity index (χ1v) is 14.0. The summed E-state index contributed by atoms with van der Waals surface area (Å²) in [7, 11) is 0. The lowest BCUT2D eigenvalue weighted by molar-refractivity contribution is -0.138. The SMILES string of the molecule is CC(=O)NCCN(CCCCc1ccc2c(n1)NCCC2)CC[C@H](Nc1cc(-c2ccccc2)ncn1)C(=O)O. The molecular weight excluding hydrogens is 506 g/mol. The van der Waals surface area contributed by atoms with Crippen molar-refractivity contribution in [2.24, 2.45) is 0 Å². The molecule has 3 aromatic rings. The van der Waals surface area contributed by atoms with Gasteiger partial charge in [-0.1, -0.05) is 36.4 Å². The number of pyridine rings is 1. The Morgan fingerprint density at radius 2 is 1.93 bits per heavy atom. The fourth-order valence-corrected chi connectivity index (χ4v) is 4.83. The van der Waals surface area contributed by atoms with Crippen molar-refractivity contribution in [2.45, 2.75) is 51.5 Å². The van der Waals surface area contributed by atoms with Gasteiger partial charge in [-0.15, -0.1) is 0 Å². The van der Waals surface area contributed by atoms with Gasteiger partial charge >= 0.3 is 5.97 Å². The van der Waals surface area contributed by atoms with Gasteiger partial charge in [-0.2, -0.15) is 0 Å². The van der Waals surface area contributed by atoms with Crippen LogP contribution in [0.3, 0.4) is 0 Å². The first kappa shape index (κ1) is 28.9. The number of hydrogen-bond donors (Lipinski definition) is 4. The predicted octanol–water partition coefficient (Wildman–Crippen LogP) is 3.61. The third-order valence-corrected chi connectivity index (χ3v) is 7.00. The Labute approximate surface area is 235 Å². The van der Waals surface area contributed by atoms with Crippen molar-refractivity contribution < 1.29 is 14.7 Å². The summed E-state index contributed by atoms with van der Waals surface area (Å²) in [6.45, 7) is 5.02. The second-order valence-corrected chi connectivity index (χ2v) is 10.1. The maximum absolute atomic E-state index is 12.1. The number of fused-ring (bicyclic) bond motifs is 1. The number of carboxylic acid groups (broad SMARTS) is 1. The van der Waals surface area contributed by atoms with E-state index >= 15 is 0 Å². The van der Waals surface area contributed by atoms with Crippen molar-refractivity contribution in [3.05, 3.63) is 66.1 Å². The monoisotopic (exact) mass is 545 g/mol. The summed E-state index contributed by atoms with van der Waals surface area (Å²) in [6.07, 6.45) is 6.88. The highest BCUT2D eigenvalue weighted by Crippen LogP contribution is 2.21. The molecule has 2 aromatic heterocycles. The highest BCUT2D eigenvalue weighted by Gasteiger charge is 2.20. The van der Waals surface area contributed by atoms with Gasteiger partial charge in [-0.3, -0.25) is 4.79 Å². The maximum Gasteiger partial charge on any atom is 0.326 e. The van der Waals surface area contributed by atoms with Gasteiger partial charge in [0, 0.05) is 50.4 Å². The minimum atomic E-state index is -0.936. The van der Waals surface area contributed by atoms with Crippen molar-refractivity contribution in [1.82, 2.24) is 25.2 Å². The lowest BCUT2D eigenvalue weighted by Gasteiger charge is -2.24. The zero-order valence-electron chi connectivity index (χ0n) is 23.1. The van der Waals surface area contributed by atoms with Crippen LogP contribution in [0.15, 0.2) is 54.9 Å². The summed E-state index contributed by atoms with van der Waals surface area (Å²) < 4.78 is 0. The number of carbonyl (C=O) groups is 2. The summed E-state index contributed by atoms with van der Waals surface area (Å²) in [6, 6.07) is 15.0. The maximum atomic E-state index is 12.1. The molecule has 1 aliphatic rings. The molecule has 1 aliphatic heterocycles. The second-order valence-electron chi connectivity index (χ2n) is 10.1. The number of carbonyl (C=O) groups excluding carboxylic acids is 1. The standard InChI is InChI=1S/C30H39N7O3/c1-22(38)31-16-19-37(17-6-5-11-25-13-12-24-10-7-15-32-29(24)35-25)18-14-26(30(39)40)36-28-20-27(33-21-34-28)23-8-3-2-4-9-23/h2-4,8-9,12-13,20-21,26H,5-7,10-11,14-19H2,1H3,(H,31,38)(H,32,35)(H,39,40)(H,33,34,36)/t26-/m0/s1. The Morgan fingerprint density at radius 1 is 1.07 bits per heavy atom. The summed E-state index contributed by atoms with van der Waals surface area (Å²) in [5.41, 5.74) is 4.04. The van der Waals surface area contributed by atoms with E-state index in [1.54, 1.807) is 6.07 Å². The quantitative estimate of drug-likeness (QED) is 0.211. The first-order valence-electron chi connectivity index (χ1n) is 14.0. The number of aliphatic carboxylic acids is 1. The fourth-order valence-electron chi connectivity index (χ4n) is 4.83. The van der Waals surface area contributed by atoms with Gasteiger partial charge in [0.05, 0.1) is 5.69 Å². The van der Waals surface area contributed by atoms with E-state index in [2.05, 4.69) is 43.0 Å². The van der Waals surface area contributed by atoms with Gasteiger partial charge in [0.15, 0.2) is 0 Å². The average molecular weight is 546 g/mol. The van der Waals surface area contributed by atoms with Crippen LogP contribution in [0.2, 0.25) is 0 Å². The molecule has 4 rings (SSSR count). The molecule has 0 unspecified atom stereocenters. The van der Waals surface area contributed by atoms with Crippen LogP contribution in [-0.2, 0) is 22.4 Å². The van der Waals surface area contributed by atoms with Crippen LogP contribution in [0, 0.1) is 0 Å². The molecule has 1 amide bonds. The number of benzene rings is 1. The van der Waals surface area contributed by atoms with Crippen LogP contribution < -0.4 is 16.0 Å². The Hall–Kier alpha value is -4.05. The van der Waals surface area contributed by atoms with Crippen LogP contribution in [0.25, 0.3) is 11.3 Å². The average Bonchev–Trinajstić information content (AvgIpc) is 2.97. The van der Waals surface area contributed by atoms with E-state index in [1.165, 1.54) is 18.8 Å². The van der Waals surface area contributed by atoms with Crippen molar-refractivity contribution in [2.75, 3.05) is 43.4 Å². The summed E-state index contributed by atoms with van der Waals surface area (Å²) in [4.78, 5) is 39.1. The van der Waals surface area contributed by atoms with E-state index < -0.39 is 12.0 Å². The number of aromatic nitrogens is 3. The van der Waals surface area contributed by atoms with E-state index in [0.29, 0.717) is 31.9 Å². The highest BCUT2D eigenvalue weighted by atomic mass is 16.4. The number of carboxylic acids is 1. The van der Waals surface area contributed by atoms with E-state index in [0.717, 1.165) is 68.0 Å². The van der Waals surface area contributed by atoms with Gasteiger partial charge in [-0.05, 0) is 56.7 Å². The molecule has 0 radical (unpaired) electrons. The Balaban J connectivity index is 1.30. The van der Waals surface area contributed by atoms with Crippen LogP contribution >= 0.6 is 0 Å². The third-order valence-electron chi connectivity index (χ3n) is 7.00. The van der Waals surface area contributed by atoms with Crippen molar-refractivity contribution >= 4 is 23.5 Å². The third kappa shape index (κ3) is 9.01. The minimum absolute atomic E-state index is 0.0740. The largest absolute Gasteiger partial charge is 0.480 e. The first-order chi connectivity index (χ1) is 19.5. The van der Waals surface area contributed by atoms with Crippen molar-refractivity contribution in [3.63, 3.8) is 0 Å². The second kappa shape index (κ2) is 14.9. The van der Waals surface area contributed by atoms with E-state index in [1.807, 2.05) is 30.3 Å². The topological polar surface area (TPSA) is 132 Å². The number of anilines is 2. The molecule has 40 heavy (non-hydrogen) atoms. The highest BCUT2D eigenvalue weighted by molar-refractivity contribution is 5.77. The van der Waals surface area contributed by atoms with E-state index in [9.17, 15) is 14.7 Å². The fraction of sp³-hybridized carbons (Fsp3) is 0.433. The summed E-state index contributed by atoms with van der Waals surface area (Å²) in [5.74, 6) is 0.481. The molecule has 0 fully saturated rings. The van der Waals surface area contributed by atoms with Crippen LogP contribution in [0.5, 0.6) is 0 Å². The molecule has 4 N–H and O–H groups in total. The van der Waals surface area contributed by atoms with Crippen molar-refractivity contribution in [3.8, 4) is 11.3 Å². The van der Waals surface area contributed by atoms with Crippen LogP contribution in [0.1, 0.15) is 43.9 Å². The molecule has 0 spiro atoms. The summed E-state index contributed by atoms with van der Waals surface area (Å²) >= 11 is 0. The molecule has 0 aliphatic carbocycles. The normalized spacial score (nSPS) is 13.2.